The van der Waals surface area contributed by atoms with E-state index in [9.17, 15) is 15.3 Å². The van der Waals surface area contributed by atoms with Crippen LogP contribution in [-0.2, 0) is 0 Å². The van der Waals surface area contributed by atoms with Crippen molar-refractivity contribution in [2.75, 3.05) is 0 Å². The van der Waals surface area contributed by atoms with E-state index < -0.39 is 6.29 Å². The topological polar surface area (TPSA) is 60.7 Å². The average Bonchev–Trinajstić information content (AvgIpc) is 3.21. The van der Waals surface area contributed by atoms with Gasteiger partial charge in [0.1, 0.15) is 5.75 Å². The lowest BCUT2D eigenvalue weighted by atomic mass is 9.95. The second-order valence-electron chi connectivity index (χ2n) is 6.19. The van der Waals surface area contributed by atoms with Gasteiger partial charge in [-0.1, -0.05) is 54.6 Å². The molecule has 2 aromatic rings. The monoisotopic (exact) mass is 318 g/mol. The fourth-order valence-corrected chi connectivity index (χ4v) is 3.43. The number of aromatic hydroxyl groups is 1. The number of phenolic OH excluding ortho intramolecular Hbond substituents is 1. The van der Waals surface area contributed by atoms with Gasteiger partial charge in [-0.15, -0.1) is 0 Å². The van der Waals surface area contributed by atoms with Crippen LogP contribution in [0.1, 0.15) is 34.6 Å². The minimum atomic E-state index is -1.37. The van der Waals surface area contributed by atoms with Crippen LogP contribution in [-0.4, -0.2) is 21.6 Å². The van der Waals surface area contributed by atoms with Crippen LogP contribution < -0.4 is 0 Å². The van der Waals surface area contributed by atoms with Crippen LogP contribution in [0.5, 0.6) is 5.75 Å². The van der Waals surface area contributed by atoms with Crippen LogP contribution >= 0.6 is 0 Å². The summed E-state index contributed by atoms with van der Waals surface area (Å²) in [6, 6.07) is 13.4. The summed E-state index contributed by atoms with van der Waals surface area (Å²) in [6.07, 6.45) is 7.44. The molecule has 0 fully saturated rings. The fourth-order valence-electron chi connectivity index (χ4n) is 3.43. The standard InChI is InChI=1S/C21H18O3/c22-20-4-2-1-3-18(20)16-6-5-13(12-16)14-7-9-17-15(11-14)8-10-19(17)21(23)24/h1-4,6-12,19,21-24H,5H2. The Labute approximate surface area is 140 Å². The second kappa shape index (κ2) is 5.78. The lowest BCUT2D eigenvalue weighted by Gasteiger charge is -2.14. The quantitative estimate of drug-likeness (QED) is 0.757. The summed E-state index contributed by atoms with van der Waals surface area (Å²) in [5.74, 6) is -0.0560. The zero-order chi connectivity index (χ0) is 16.7. The van der Waals surface area contributed by atoms with Gasteiger partial charge in [0.2, 0.25) is 0 Å². The maximum absolute atomic E-state index is 10.0. The van der Waals surface area contributed by atoms with E-state index in [4.69, 9.17) is 0 Å². The predicted octanol–water partition coefficient (Wildman–Crippen LogP) is 3.68. The van der Waals surface area contributed by atoms with Crippen LogP contribution in [0.4, 0.5) is 0 Å². The third-order valence-corrected chi connectivity index (χ3v) is 4.71. The Morgan fingerprint density at radius 1 is 1.04 bits per heavy atom. The van der Waals surface area contributed by atoms with Crippen molar-refractivity contribution in [3.63, 3.8) is 0 Å². The van der Waals surface area contributed by atoms with Crippen molar-refractivity contribution in [3.8, 4) is 5.75 Å². The summed E-state index contributed by atoms with van der Waals surface area (Å²) in [6.45, 7) is 0. The molecule has 0 spiro atoms. The highest BCUT2D eigenvalue weighted by atomic mass is 16.5. The smallest absolute Gasteiger partial charge is 0.161 e. The molecule has 4 rings (SSSR count). The first-order valence-corrected chi connectivity index (χ1v) is 8.01. The first kappa shape index (κ1) is 14.9. The van der Waals surface area contributed by atoms with Gasteiger partial charge in [0.15, 0.2) is 6.29 Å². The number of hydrogen-bond donors (Lipinski definition) is 3. The summed E-state index contributed by atoms with van der Waals surface area (Å²) in [4.78, 5) is 0. The van der Waals surface area contributed by atoms with E-state index in [2.05, 4.69) is 18.2 Å². The van der Waals surface area contributed by atoms with Gasteiger partial charge in [-0.3, -0.25) is 0 Å². The van der Waals surface area contributed by atoms with Gasteiger partial charge in [0.25, 0.3) is 0 Å². The van der Waals surface area contributed by atoms with Gasteiger partial charge in [-0.25, -0.2) is 0 Å². The maximum atomic E-state index is 10.0. The SMILES string of the molecule is Oc1ccccc1C1=CCC(c2ccc3c(c2)C=CC3C(O)O)=C1. The Balaban J connectivity index is 1.64. The van der Waals surface area contributed by atoms with Crippen molar-refractivity contribution >= 4 is 17.2 Å². The number of hydrogen-bond acceptors (Lipinski definition) is 3. The number of aliphatic hydroxyl groups excluding tert-OH is 1. The summed E-state index contributed by atoms with van der Waals surface area (Å²) in [5, 5.41) is 28.9. The molecule has 3 N–H and O–H groups in total. The van der Waals surface area contributed by atoms with Gasteiger partial charge in [0.05, 0.1) is 5.92 Å². The molecule has 0 saturated carbocycles. The van der Waals surface area contributed by atoms with Crippen LogP contribution in [0.15, 0.2) is 60.7 Å². The molecule has 1 atom stereocenters. The maximum Gasteiger partial charge on any atom is 0.161 e. The molecule has 0 aromatic heterocycles. The van der Waals surface area contributed by atoms with E-state index in [-0.39, 0.29) is 11.7 Å². The third-order valence-electron chi connectivity index (χ3n) is 4.71. The first-order valence-electron chi connectivity index (χ1n) is 8.01. The van der Waals surface area contributed by atoms with E-state index in [0.717, 1.165) is 34.2 Å². The molecule has 0 radical (unpaired) electrons. The molecular formula is C21H18O3. The minimum absolute atomic E-state index is 0.290. The van der Waals surface area contributed by atoms with Crippen LogP contribution in [0.25, 0.3) is 17.2 Å². The summed E-state index contributed by atoms with van der Waals surface area (Å²) >= 11 is 0. The van der Waals surface area contributed by atoms with Crippen LogP contribution in [0.2, 0.25) is 0 Å². The predicted molar refractivity (Wildman–Crippen MR) is 95.1 cm³/mol. The van der Waals surface area contributed by atoms with Gasteiger partial charge in [-0.05, 0) is 46.4 Å². The summed E-state index contributed by atoms with van der Waals surface area (Å²) in [7, 11) is 0. The highest BCUT2D eigenvalue weighted by Gasteiger charge is 2.23. The van der Waals surface area contributed by atoms with Gasteiger partial charge in [-0.2, -0.15) is 0 Å². The number of benzene rings is 2. The molecule has 2 aromatic carbocycles. The second-order valence-corrected chi connectivity index (χ2v) is 6.19. The van der Waals surface area contributed by atoms with Crippen molar-refractivity contribution in [2.24, 2.45) is 0 Å². The first-order chi connectivity index (χ1) is 11.6. The molecule has 3 nitrogen and oxygen atoms in total. The highest BCUT2D eigenvalue weighted by molar-refractivity contribution is 5.91. The number of aliphatic hydroxyl groups is 2. The molecule has 0 heterocycles. The molecule has 0 bridgehead atoms. The van der Waals surface area contributed by atoms with Crippen molar-refractivity contribution < 1.29 is 15.3 Å². The number of allylic oxidation sites excluding steroid dienone is 4. The van der Waals surface area contributed by atoms with E-state index in [1.165, 1.54) is 5.57 Å². The van der Waals surface area contributed by atoms with Crippen LogP contribution in [0.3, 0.4) is 0 Å². The Morgan fingerprint density at radius 3 is 2.67 bits per heavy atom. The van der Waals surface area contributed by atoms with Crippen molar-refractivity contribution in [1.82, 2.24) is 0 Å². The number of rotatable bonds is 3. The minimum Gasteiger partial charge on any atom is -0.507 e. The molecule has 24 heavy (non-hydrogen) atoms. The molecular weight excluding hydrogens is 300 g/mol. The Kier molecular flexibility index (Phi) is 3.60. The summed E-state index contributed by atoms with van der Waals surface area (Å²) < 4.78 is 0. The van der Waals surface area contributed by atoms with Crippen molar-refractivity contribution in [3.05, 3.63) is 82.9 Å². The molecule has 0 saturated heterocycles. The van der Waals surface area contributed by atoms with Gasteiger partial charge in [0, 0.05) is 5.56 Å². The number of fused-ring (bicyclic) bond motifs is 1. The molecule has 2 aliphatic rings. The van der Waals surface area contributed by atoms with E-state index in [0.29, 0.717) is 0 Å². The Morgan fingerprint density at radius 2 is 1.88 bits per heavy atom. The lowest BCUT2D eigenvalue weighted by Crippen LogP contribution is -2.14. The molecule has 3 heteroatoms. The fraction of sp³-hybridized carbons (Fsp3) is 0.143. The van der Waals surface area contributed by atoms with E-state index in [1.54, 1.807) is 6.07 Å². The van der Waals surface area contributed by atoms with E-state index >= 15 is 0 Å². The highest BCUT2D eigenvalue weighted by Crippen LogP contribution is 2.38. The largest absolute Gasteiger partial charge is 0.507 e. The Bertz CT molecular complexity index is 888. The molecule has 0 aliphatic heterocycles. The number of phenols is 1. The van der Waals surface area contributed by atoms with Crippen molar-refractivity contribution in [2.45, 2.75) is 18.6 Å². The van der Waals surface area contributed by atoms with Crippen LogP contribution in [0, 0.1) is 0 Å². The van der Waals surface area contributed by atoms with E-state index in [1.807, 2.05) is 42.5 Å². The van der Waals surface area contributed by atoms with Gasteiger partial charge < -0.3 is 15.3 Å². The molecule has 2 aliphatic carbocycles. The zero-order valence-electron chi connectivity index (χ0n) is 13.1. The van der Waals surface area contributed by atoms with Crippen molar-refractivity contribution in [1.29, 1.82) is 0 Å². The zero-order valence-corrected chi connectivity index (χ0v) is 13.1. The summed E-state index contributed by atoms with van der Waals surface area (Å²) in [5.41, 5.74) is 6.16. The molecule has 1 unspecified atom stereocenters. The average molecular weight is 318 g/mol. The molecule has 120 valence electrons. The third kappa shape index (κ3) is 2.48. The Hall–Kier alpha value is -2.62. The number of para-hydroxylation sites is 1. The normalized spacial score (nSPS) is 18.7. The lowest BCUT2D eigenvalue weighted by molar-refractivity contribution is -0.0490. The van der Waals surface area contributed by atoms with Gasteiger partial charge >= 0.3 is 0 Å². The molecule has 0 amide bonds.